The number of hydrogen-bond acceptors (Lipinski definition) is 2. The number of nitrogens with zero attached hydrogens (tertiary/aromatic N) is 1. The summed E-state index contributed by atoms with van der Waals surface area (Å²) in [5, 5.41) is 22.4. The Morgan fingerprint density at radius 3 is 0.879 bits per heavy atom. The van der Waals surface area contributed by atoms with Gasteiger partial charge in [0.2, 0.25) is 0 Å². The summed E-state index contributed by atoms with van der Waals surface area (Å²) in [5.41, 5.74) is 0. The molecule has 0 aliphatic carbocycles. The van der Waals surface area contributed by atoms with Gasteiger partial charge in [-0.15, -0.1) is 0 Å². The zero-order chi connectivity index (χ0) is 24.3. The molecule has 1 N–H and O–H groups in total. The number of hydroxylamine groups is 3. The second-order valence-electron chi connectivity index (χ2n) is 10.7. The average molecular weight is 470 g/mol. The summed E-state index contributed by atoms with van der Waals surface area (Å²) in [6.07, 6.45) is 31.9. The molecular weight excluding hydrogens is 406 g/mol. The van der Waals surface area contributed by atoms with E-state index in [9.17, 15) is 10.3 Å². The molecule has 0 saturated carbocycles. The highest BCUT2D eigenvalue weighted by Crippen LogP contribution is 2.16. The van der Waals surface area contributed by atoms with Crippen molar-refractivity contribution in [2.75, 3.05) is 26.2 Å². The third-order valence-corrected chi connectivity index (χ3v) is 7.35. The Bertz CT molecular complexity index is 333. The van der Waals surface area contributed by atoms with Gasteiger partial charge < -0.3 is 15.0 Å². The minimum atomic E-state index is -0.161. The van der Waals surface area contributed by atoms with Crippen LogP contribution in [0.1, 0.15) is 168 Å². The summed E-state index contributed by atoms with van der Waals surface area (Å²) >= 11 is 0. The molecule has 0 bridgehead atoms. The molecule has 0 aromatic rings. The Balaban J connectivity index is 3.56. The second-order valence-corrected chi connectivity index (χ2v) is 10.7. The smallest absolute Gasteiger partial charge is 0.102 e. The topological polar surface area (TPSA) is 43.3 Å². The van der Waals surface area contributed by atoms with Crippen LogP contribution >= 0.6 is 0 Å². The number of aliphatic hydroxyl groups is 1. The summed E-state index contributed by atoms with van der Waals surface area (Å²) in [6.45, 7) is 6.38. The Kier molecular flexibility index (Phi) is 26.4. The van der Waals surface area contributed by atoms with Crippen molar-refractivity contribution < 1.29 is 9.75 Å². The summed E-state index contributed by atoms with van der Waals surface area (Å²) in [4.78, 5) is 0. The van der Waals surface area contributed by atoms with Gasteiger partial charge >= 0.3 is 0 Å². The molecule has 0 aromatic heterocycles. The lowest BCUT2D eigenvalue weighted by Crippen LogP contribution is -2.45. The van der Waals surface area contributed by atoms with E-state index in [0.717, 1.165) is 12.8 Å². The number of quaternary nitrogens is 1. The Morgan fingerprint density at radius 2 is 0.636 bits per heavy atom. The third-order valence-electron chi connectivity index (χ3n) is 7.35. The zero-order valence-corrected chi connectivity index (χ0v) is 23.1. The molecular formula is C30H63NO2. The van der Waals surface area contributed by atoms with Gasteiger partial charge in [0.25, 0.3) is 0 Å². The Labute approximate surface area is 209 Å². The average Bonchev–Trinajstić information content (AvgIpc) is 2.81. The zero-order valence-electron chi connectivity index (χ0n) is 23.1. The molecule has 0 saturated heterocycles. The van der Waals surface area contributed by atoms with Gasteiger partial charge in [-0.05, 0) is 25.7 Å². The van der Waals surface area contributed by atoms with Crippen molar-refractivity contribution >= 4 is 0 Å². The van der Waals surface area contributed by atoms with Crippen molar-refractivity contribution in [3.8, 4) is 0 Å². The van der Waals surface area contributed by atoms with Crippen LogP contribution in [0.4, 0.5) is 0 Å². The van der Waals surface area contributed by atoms with Gasteiger partial charge in [0.1, 0.15) is 6.54 Å². The third kappa shape index (κ3) is 24.8. The SMILES string of the molecule is CCCCCCCCCCCCCC[N+]([O-])(CCO)CCCCCCCCCCCCCC. The fraction of sp³-hybridized carbons (Fsp3) is 1.00. The van der Waals surface area contributed by atoms with Gasteiger partial charge in [-0.1, -0.05) is 142 Å². The quantitative estimate of drug-likeness (QED) is 0.0703. The van der Waals surface area contributed by atoms with Gasteiger partial charge in [0.05, 0.1) is 19.7 Å². The molecule has 0 aromatic carbocycles. The van der Waals surface area contributed by atoms with Crippen molar-refractivity contribution in [1.29, 1.82) is 0 Å². The predicted molar refractivity (Wildman–Crippen MR) is 147 cm³/mol. The second kappa shape index (κ2) is 26.5. The molecule has 0 aliphatic rings. The van der Waals surface area contributed by atoms with Crippen LogP contribution in [0, 0.1) is 5.21 Å². The molecule has 0 fully saturated rings. The first-order valence-corrected chi connectivity index (χ1v) is 15.4. The molecule has 200 valence electrons. The molecule has 0 aliphatic heterocycles. The van der Waals surface area contributed by atoms with E-state index in [-0.39, 0.29) is 11.3 Å². The summed E-state index contributed by atoms with van der Waals surface area (Å²) in [6, 6.07) is 0. The summed E-state index contributed by atoms with van der Waals surface area (Å²) in [7, 11) is 0. The van der Waals surface area contributed by atoms with Crippen LogP contribution in [0.25, 0.3) is 0 Å². The lowest BCUT2D eigenvalue weighted by atomic mass is 10.0. The van der Waals surface area contributed by atoms with Crippen molar-refractivity contribution in [2.24, 2.45) is 0 Å². The summed E-state index contributed by atoms with van der Waals surface area (Å²) in [5.74, 6) is 0. The molecule has 0 spiro atoms. The lowest BCUT2D eigenvalue weighted by Gasteiger charge is -2.42. The Morgan fingerprint density at radius 1 is 0.394 bits per heavy atom. The van der Waals surface area contributed by atoms with E-state index >= 15 is 0 Å². The van der Waals surface area contributed by atoms with Crippen LogP contribution in [-0.2, 0) is 0 Å². The maximum Gasteiger partial charge on any atom is 0.102 e. The first-order valence-electron chi connectivity index (χ1n) is 15.4. The summed E-state index contributed by atoms with van der Waals surface area (Å²) < 4.78 is -0.161. The fourth-order valence-corrected chi connectivity index (χ4v) is 5.00. The fourth-order valence-electron chi connectivity index (χ4n) is 5.00. The van der Waals surface area contributed by atoms with Gasteiger partial charge in [0, 0.05) is 0 Å². The monoisotopic (exact) mass is 469 g/mol. The van der Waals surface area contributed by atoms with Gasteiger partial charge in [-0.25, -0.2) is 0 Å². The molecule has 0 atom stereocenters. The van der Waals surface area contributed by atoms with E-state index in [1.807, 2.05) is 0 Å². The standard InChI is InChI=1S/C30H63NO2/c1-3-5-7-9-11-13-15-17-19-21-23-25-27-31(33,29-30-32)28-26-24-22-20-18-16-14-12-10-8-6-4-2/h32H,3-30H2,1-2H3. The minimum absolute atomic E-state index is 0.0278. The van der Waals surface area contributed by atoms with Gasteiger partial charge in [-0.2, -0.15) is 0 Å². The van der Waals surface area contributed by atoms with E-state index < -0.39 is 0 Å². The highest BCUT2D eigenvalue weighted by molar-refractivity contribution is 4.53. The first-order chi connectivity index (χ1) is 16.2. The normalized spacial score (nSPS) is 12.0. The molecule has 0 amide bonds. The maximum atomic E-state index is 13.0. The number of unbranched alkanes of at least 4 members (excludes halogenated alkanes) is 22. The molecule has 0 radical (unpaired) electrons. The number of aliphatic hydroxyl groups excluding tert-OH is 1. The first kappa shape index (κ1) is 32.9. The van der Waals surface area contributed by atoms with Crippen molar-refractivity contribution in [3.63, 3.8) is 0 Å². The van der Waals surface area contributed by atoms with Gasteiger partial charge in [0.15, 0.2) is 0 Å². The maximum absolute atomic E-state index is 13.0. The van der Waals surface area contributed by atoms with Crippen LogP contribution < -0.4 is 0 Å². The van der Waals surface area contributed by atoms with Crippen molar-refractivity contribution in [2.45, 2.75) is 168 Å². The van der Waals surface area contributed by atoms with Crippen LogP contribution in [-0.4, -0.2) is 36.0 Å². The molecule has 0 rings (SSSR count). The van der Waals surface area contributed by atoms with E-state index in [4.69, 9.17) is 0 Å². The Hall–Kier alpha value is -0.120. The van der Waals surface area contributed by atoms with Crippen LogP contribution in [0.15, 0.2) is 0 Å². The molecule has 3 nitrogen and oxygen atoms in total. The lowest BCUT2D eigenvalue weighted by molar-refractivity contribution is -0.881. The molecule has 3 heteroatoms. The van der Waals surface area contributed by atoms with Crippen LogP contribution in [0.5, 0.6) is 0 Å². The number of hydrogen-bond donors (Lipinski definition) is 1. The van der Waals surface area contributed by atoms with E-state index in [1.165, 1.54) is 141 Å². The van der Waals surface area contributed by atoms with Crippen molar-refractivity contribution in [1.82, 2.24) is 0 Å². The highest BCUT2D eigenvalue weighted by Gasteiger charge is 2.15. The predicted octanol–water partition coefficient (Wildman–Crippen LogP) is 9.70. The molecule has 0 unspecified atom stereocenters. The van der Waals surface area contributed by atoms with E-state index in [0.29, 0.717) is 19.6 Å². The van der Waals surface area contributed by atoms with Crippen LogP contribution in [0.3, 0.4) is 0 Å². The number of rotatable bonds is 28. The molecule has 0 heterocycles. The highest BCUT2D eigenvalue weighted by atomic mass is 16.5. The van der Waals surface area contributed by atoms with E-state index in [2.05, 4.69) is 13.8 Å². The largest absolute Gasteiger partial charge is 0.633 e. The van der Waals surface area contributed by atoms with Crippen LogP contribution in [0.2, 0.25) is 0 Å². The minimum Gasteiger partial charge on any atom is -0.633 e. The molecule has 33 heavy (non-hydrogen) atoms. The van der Waals surface area contributed by atoms with E-state index in [1.54, 1.807) is 0 Å². The van der Waals surface area contributed by atoms with Gasteiger partial charge in [-0.3, -0.25) is 0 Å². The van der Waals surface area contributed by atoms with Crippen molar-refractivity contribution in [3.05, 3.63) is 5.21 Å².